The molecule has 28 heavy (non-hydrogen) atoms. The minimum Gasteiger partial charge on any atom is -0.492 e. The molecule has 1 heterocycles. The van der Waals surface area contributed by atoms with Gasteiger partial charge in [0.1, 0.15) is 18.1 Å². The third-order valence-electron chi connectivity index (χ3n) is 4.08. The number of anilines is 1. The van der Waals surface area contributed by atoms with E-state index in [-0.39, 0.29) is 24.9 Å². The highest BCUT2D eigenvalue weighted by Crippen LogP contribution is 2.31. The molecular formula is C21H21NO6. The summed E-state index contributed by atoms with van der Waals surface area (Å²) in [6, 6.07) is 14.4. The van der Waals surface area contributed by atoms with E-state index >= 15 is 0 Å². The fraction of sp³-hybridized carbons (Fsp3) is 0.238. The number of carboxylic acid groups (broad SMARTS) is 1. The van der Waals surface area contributed by atoms with Crippen LogP contribution < -0.4 is 14.4 Å². The smallest absolute Gasteiger partial charge is 0.371 e. The number of carbonyl (C=O) groups is 2. The molecule has 0 aliphatic carbocycles. The molecule has 1 N–H and O–H groups in total. The van der Waals surface area contributed by atoms with Gasteiger partial charge in [0, 0.05) is 0 Å². The molecule has 2 aromatic rings. The molecule has 0 fully saturated rings. The molecule has 0 bridgehead atoms. The van der Waals surface area contributed by atoms with Crippen LogP contribution in [-0.4, -0.2) is 43.3 Å². The molecule has 1 amide bonds. The number of aliphatic carboxylic acids is 1. The van der Waals surface area contributed by atoms with E-state index in [0.717, 1.165) is 5.69 Å². The molecule has 2 aromatic carbocycles. The van der Waals surface area contributed by atoms with Crippen LogP contribution in [-0.2, 0) is 14.3 Å². The van der Waals surface area contributed by atoms with Crippen molar-refractivity contribution in [2.75, 3.05) is 31.3 Å². The van der Waals surface area contributed by atoms with Crippen LogP contribution >= 0.6 is 0 Å². The van der Waals surface area contributed by atoms with Crippen molar-refractivity contribution in [2.45, 2.75) is 6.92 Å². The number of hydrogen-bond acceptors (Lipinski definition) is 5. The summed E-state index contributed by atoms with van der Waals surface area (Å²) in [5.41, 5.74) is 1.43. The topological polar surface area (TPSA) is 85.3 Å². The van der Waals surface area contributed by atoms with Gasteiger partial charge >= 0.3 is 5.97 Å². The van der Waals surface area contributed by atoms with Crippen molar-refractivity contribution in [3.05, 3.63) is 59.9 Å². The molecule has 0 saturated heterocycles. The lowest BCUT2D eigenvalue weighted by Gasteiger charge is -2.29. The summed E-state index contributed by atoms with van der Waals surface area (Å²) in [5, 5.41) is 9.09. The summed E-state index contributed by atoms with van der Waals surface area (Å²) in [5.74, 6) is -0.0283. The van der Waals surface area contributed by atoms with Crippen LogP contribution in [0, 0.1) is 0 Å². The highest BCUT2D eigenvalue weighted by molar-refractivity contribution is 5.97. The Kier molecular flexibility index (Phi) is 6.16. The molecule has 1 aliphatic rings. The molecule has 0 saturated carbocycles. The second-order valence-corrected chi connectivity index (χ2v) is 5.97. The molecule has 7 nitrogen and oxygen atoms in total. The number of nitrogens with zero attached hydrogens (tertiary/aromatic N) is 1. The number of ether oxygens (including phenoxy) is 3. The average molecular weight is 383 g/mol. The van der Waals surface area contributed by atoms with Gasteiger partial charge in [-0.2, -0.15) is 0 Å². The molecule has 0 unspecified atom stereocenters. The first-order valence-corrected chi connectivity index (χ1v) is 8.91. The van der Waals surface area contributed by atoms with Gasteiger partial charge in [0.05, 0.1) is 18.8 Å². The fourth-order valence-electron chi connectivity index (χ4n) is 2.79. The summed E-state index contributed by atoms with van der Waals surface area (Å²) in [7, 11) is 0. The van der Waals surface area contributed by atoms with Gasteiger partial charge in [0.2, 0.25) is 5.76 Å². The normalized spacial score (nSPS) is 13.5. The van der Waals surface area contributed by atoms with Crippen molar-refractivity contribution in [3.63, 3.8) is 0 Å². The fourth-order valence-corrected chi connectivity index (χ4v) is 2.79. The van der Waals surface area contributed by atoms with Crippen LogP contribution in [0.3, 0.4) is 0 Å². The maximum Gasteiger partial charge on any atom is 0.371 e. The lowest BCUT2D eigenvalue weighted by molar-refractivity contribution is -0.136. The quantitative estimate of drug-likeness (QED) is 0.557. The average Bonchev–Trinajstić information content (AvgIpc) is 2.70. The van der Waals surface area contributed by atoms with Crippen molar-refractivity contribution >= 4 is 23.6 Å². The van der Waals surface area contributed by atoms with Gasteiger partial charge in [-0.05, 0) is 42.8 Å². The number of carbonyl (C=O) groups excluding carboxylic acids is 1. The van der Waals surface area contributed by atoms with Crippen LogP contribution in [0.1, 0.15) is 12.5 Å². The molecule has 0 spiro atoms. The second-order valence-electron chi connectivity index (χ2n) is 5.97. The predicted octanol–water partition coefficient (Wildman–Crippen LogP) is 2.95. The van der Waals surface area contributed by atoms with Gasteiger partial charge in [-0.25, -0.2) is 4.79 Å². The lowest BCUT2D eigenvalue weighted by Crippen LogP contribution is -2.41. The van der Waals surface area contributed by atoms with Crippen molar-refractivity contribution in [1.82, 2.24) is 0 Å². The van der Waals surface area contributed by atoms with Crippen molar-refractivity contribution < 1.29 is 28.9 Å². The monoisotopic (exact) mass is 383 g/mol. The van der Waals surface area contributed by atoms with E-state index in [4.69, 9.17) is 19.3 Å². The van der Waals surface area contributed by atoms with Crippen LogP contribution in [0.2, 0.25) is 0 Å². The zero-order valence-corrected chi connectivity index (χ0v) is 15.5. The molecule has 0 radical (unpaired) electrons. The van der Waals surface area contributed by atoms with Gasteiger partial charge in [-0.1, -0.05) is 24.3 Å². The Balaban J connectivity index is 1.59. The molecule has 3 rings (SSSR count). The third kappa shape index (κ3) is 4.62. The number of rotatable bonds is 8. The Morgan fingerprint density at radius 2 is 1.96 bits per heavy atom. The third-order valence-corrected chi connectivity index (χ3v) is 4.08. The van der Waals surface area contributed by atoms with E-state index in [0.29, 0.717) is 30.2 Å². The molecule has 0 aromatic heterocycles. The molecule has 1 aliphatic heterocycles. The van der Waals surface area contributed by atoms with Gasteiger partial charge in [0.15, 0.2) is 6.61 Å². The summed E-state index contributed by atoms with van der Waals surface area (Å²) in [6.45, 7) is 2.74. The zero-order chi connectivity index (χ0) is 19.9. The minimum atomic E-state index is -1.11. The highest BCUT2D eigenvalue weighted by atomic mass is 16.5. The second kappa shape index (κ2) is 8.94. The summed E-state index contributed by atoms with van der Waals surface area (Å²) < 4.78 is 16.2. The number of para-hydroxylation sites is 2. The summed E-state index contributed by atoms with van der Waals surface area (Å²) in [4.78, 5) is 24.9. The Bertz CT molecular complexity index is 875. The van der Waals surface area contributed by atoms with Crippen LogP contribution in [0.15, 0.2) is 54.3 Å². The van der Waals surface area contributed by atoms with E-state index in [1.54, 1.807) is 36.1 Å². The Morgan fingerprint density at radius 3 is 2.68 bits per heavy atom. The summed E-state index contributed by atoms with van der Waals surface area (Å²) in [6.07, 6.45) is 1.46. The first-order chi connectivity index (χ1) is 13.6. The van der Waals surface area contributed by atoms with Gasteiger partial charge < -0.3 is 24.2 Å². The summed E-state index contributed by atoms with van der Waals surface area (Å²) >= 11 is 0. The van der Waals surface area contributed by atoms with E-state index in [1.807, 2.05) is 24.3 Å². The Labute approximate surface area is 162 Å². The van der Waals surface area contributed by atoms with Crippen LogP contribution in [0.4, 0.5) is 5.69 Å². The Hall–Kier alpha value is -3.48. The van der Waals surface area contributed by atoms with E-state index in [1.165, 1.54) is 6.08 Å². The largest absolute Gasteiger partial charge is 0.492 e. The van der Waals surface area contributed by atoms with E-state index < -0.39 is 5.97 Å². The maximum absolute atomic E-state index is 12.1. The first kappa shape index (κ1) is 19.3. The SMILES string of the molecule is CCO/C(=C/c1ccc(OCCN2C(=O)COc3ccccc32)cc1)C(=O)O. The van der Waals surface area contributed by atoms with Gasteiger partial charge in [-0.15, -0.1) is 0 Å². The minimum absolute atomic E-state index is 0.0176. The lowest BCUT2D eigenvalue weighted by atomic mass is 10.2. The highest BCUT2D eigenvalue weighted by Gasteiger charge is 2.24. The van der Waals surface area contributed by atoms with Crippen LogP contribution in [0.5, 0.6) is 11.5 Å². The van der Waals surface area contributed by atoms with Crippen molar-refractivity contribution in [1.29, 1.82) is 0 Å². The zero-order valence-electron chi connectivity index (χ0n) is 15.5. The molecular weight excluding hydrogens is 362 g/mol. The Morgan fingerprint density at radius 1 is 1.21 bits per heavy atom. The van der Waals surface area contributed by atoms with Crippen molar-refractivity contribution in [3.8, 4) is 11.5 Å². The van der Waals surface area contributed by atoms with E-state index in [2.05, 4.69) is 0 Å². The number of hydrogen-bond donors (Lipinski definition) is 1. The molecule has 7 heteroatoms. The molecule has 146 valence electrons. The first-order valence-electron chi connectivity index (χ1n) is 8.91. The number of amides is 1. The number of carboxylic acids is 1. The van der Waals surface area contributed by atoms with Gasteiger partial charge in [-0.3, -0.25) is 4.79 Å². The van der Waals surface area contributed by atoms with Crippen LogP contribution in [0.25, 0.3) is 6.08 Å². The standard InChI is InChI=1S/C21H21NO6/c1-2-26-19(21(24)25)13-15-7-9-16(10-8-15)27-12-11-22-17-5-3-4-6-18(17)28-14-20(22)23/h3-10,13H,2,11-12,14H2,1H3,(H,24,25)/b19-13+. The maximum atomic E-state index is 12.1. The van der Waals surface area contributed by atoms with E-state index in [9.17, 15) is 9.59 Å². The van der Waals surface area contributed by atoms with Gasteiger partial charge in [0.25, 0.3) is 5.91 Å². The van der Waals surface area contributed by atoms with Crippen molar-refractivity contribution in [2.24, 2.45) is 0 Å². The predicted molar refractivity (Wildman–Crippen MR) is 103 cm³/mol. The molecule has 0 atom stereocenters. The number of fused-ring (bicyclic) bond motifs is 1. The number of benzene rings is 2.